The van der Waals surface area contributed by atoms with Crippen LogP contribution in [0.4, 0.5) is 19.0 Å². The number of halogens is 5. The Morgan fingerprint density at radius 3 is 2.57 bits per heavy atom. The molecule has 0 saturated carbocycles. The van der Waals surface area contributed by atoms with Gasteiger partial charge in [0.2, 0.25) is 0 Å². The minimum Gasteiger partial charge on any atom is -0.305 e. The van der Waals surface area contributed by atoms with Crippen LogP contribution in [0.3, 0.4) is 0 Å². The molecule has 21 heavy (non-hydrogen) atoms. The summed E-state index contributed by atoms with van der Waals surface area (Å²) in [5.74, 6) is -1.03. The Bertz CT molecular complexity index is 699. The molecule has 112 valence electrons. The molecular formula is C11H7Cl2F3N4O. The number of nitrogens with one attached hydrogen (secondary N) is 1. The molecule has 1 amide bonds. The summed E-state index contributed by atoms with van der Waals surface area (Å²) < 4.78 is 38.8. The second kappa shape index (κ2) is 5.53. The molecule has 0 aliphatic carbocycles. The van der Waals surface area contributed by atoms with Crippen molar-refractivity contribution in [2.45, 2.75) is 6.18 Å². The van der Waals surface area contributed by atoms with E-state index in [9.17, 15) is 18.0 Å². The summed E-state index contributed by atoms with van der Waals surface area (Å²) in [7, 11) is 1.22. The van der Waals surface area contributed by atoms with Crippen molar-refractivity contribution in [3.05, 3.63) is 39.8 Å². The van der Waals surface area contributed by atoms with E-state index in [-0.39, 0.29) is 16.5 Å². The van der Waals surface area contributed by atoms with Crippen LogP contribution in [0.2, 0.25) is 10.2 Å². The van der Waals surface area contributed by atoms with Crippen LogP contribution in [0.5, 0.6) is 0 Å². The molecule has 10 heteroatoms. The Morgan fingerprint density at radius 1 is 1.38 bits per heavy atom. The molecule has 0 fully saturated rings. The van der Waals surface area contributed by atoms with Crippen molar-refractivity contribution in [2.75, 3.05) is 5.32 Å². The number of amides is 1. The zero-order valence-corrected chi connectivity index (χ0v) is 11.9. The number of nitrogens with zero attached hydrogens (tertiary/aromatic N) is 3. The number of aryl methyl sites for hydroxylation is 1. The average Bonchev–Trinajstić information content (AvgIpc) is 2.67. The largest absolute Gasteiger partial charge is 0.436 e. The third kappa shape index (κ3) is 3.11. The van der Waals surface area contributed by atoms with Crippen LogP contribution in [0.15, 0.2) is 18.3 Å². The molecule has 2 rings (SSSR count). The summed E-state index contributed by atoms with van der Waals surface area (Å²) in [6.45, 7) is 0. The van der Waals surface area contributed by atoms with Crippen molar-refractivity contribution in [1.29, 1.82) is 0 Å². The average molecular weight is 339 g/mol. The molecule has 1 N–H and O–H groups in total. The van der Waals surface area contributed by atoms with Crippen LogP contribution < -0.4 is 5.32 Å². The second-order valence-electron chi connectivity index (χ2n) is 3.93. The van der Waals surface area contributed by atoms with E-state index in [1.807, 2.05) is 0 Å². The lowest BCUT2D eigenvalue weighted by Crippen LogP contribution is -2.15. The van der Waals surface area contributed by atoms with Crippen LogP contribution >= 0.6 is 23.2 Å². The lowest BCUT2D eigenvalue weighted by molar-refractivity contribution is -0.141. The quantitative estimate of drug-likeness (QED) is 0.854. The van der Waals surface area contributed by atoms with Gasteiger partial charge in [0.15, 0.2) is 11.5 Å². The first-order valence-electron chi connectivity index (χ1n) is 5.43. The fraction of sp³-hybridized carbons (Fsp3) is 0.182. The van der Waals surface area contributed by atoms with Gasteiger partial charge in [0, 0.05) is 13.2 Å². The lowest BCUT2D eigenvalue weighted by Gasteiger charge is -2.07. The highest BCUT2D eigenvalue weighted by atomic mass is 35.5. The highest BCUT2D eigenvalue weighted by molar-refractivity contribution is 6.35. The summed E-state index contributed by atoms with van der Waals surface area (Å²) in [5, 5.41) is 4.70. The second-order valence-corrected chi connectivity index (χ2v) is 4.66. The third-order valence-electron chi connectivity index (χ3n) is 2.49. The van der Waals surface area contributed by atoms with Crippen molar-refractivity contribution in [3.8, 4) is 0 Å². The third-order valence-corrected chi connectivity index (χ3v) is 3.15. The Labute approximate surface area is 126 Å². The molecule has 0 bridgehead atoms. The van der Waals surface area contributed by atoms with Crippen molar-refractivity contribution in [3.63, 3.8) is 0 Å². The maximum Gasteiger partial charge on any atom is 0.436 e. The normalized spacial score (nSPS) is 11.5. The van der Waals surface area contributed by atoms with Gasteiger partial charge in [0.25, 0.3) is 5.91 Å². The Balaban J connectivity index is 2.35. The summed E-state index contributed by atoms with van der Waals surface area (Å²) in [4.78, 5) is 15.7. The van der Waals surface area contributed by atoms with Crippen molar-refractivity contribution >= 4 is 34.9 Å². The first-order valence-corrected chi connectivity index (χ1v) is 6.19. The molecule has 0 aliphatic heterocycles. The zero-order valence-electron chi connectivity index (χ0n) is 10.4. The van der Waals surface area contributed by atoms with Crippen LogP contribution in [0.25, 0.3) is 0 Å². The van der Waals surface area contributed by atoms with Crippen LogP contribution in [-0.2, 0) is 13.2 Å². The molecule has 0 unspecified atom stereocenters. The van der Waals surface area contributed by atoms with Gasteiger partial charge in [-0.1, -0.05) is 23.2 Å². The number of carbonyl (C=O) groups is 1. The summed E-state index contributed by atoms with van der Waals surface area (Å²) in [6.07, 6.45) is -3.35. The van der Waals surface area contributed by atoms with Gasteiger partial charge in [-0.3, -0.25) is 9.48 Å². The fourth-order valence-electron chi connectivity index (χ4n) is 1.55. The fourth-order valence-corrected chi connectivity index (χ4v) is 2.06. The van der Waals surface area contributed by atoms with Crippen LogP contribution in [0, 0.1) is 0 Å². The lowest BCUT2D eigenvalue weighted by atomic mass is 10.2. The molecular weight excluding hydrogens is 332 g/mol. The predicted octanol–water partition coefficient (Wildman–Crippen LogP) is 3.39. The van der Waals surface area contributed by atoms with E-state index >= 15 is 0 Å². The van der Waals surface area contributed by atoms with Gasteiger partial charge in [0.1, 0.15) is 10.2 Å². The van der Waals surface area contributed by atoms with Crippen LogP contribution in [-0.4, -0.2) is 20.7 Å². The molecule has 0 aliphatic rings. The van der Waals surface area contributed by atoms with E-state index in [1.54, 1.807) is 0 Å². The molecule has 2 heterocycles. The van der Waals surface area contributed by atoms with Gasteiger partial charge in [0.05, 0.1) is 5.56 Å². The zero-order chi connectivity index (χ0) is 15.8. The van der Waals surface area contributed by atoms with E-state index in [4.69, 9.17) is 23.2 Å². The molecule has 2 aromatic rings. The number of rotatable bonds is 2. The Hall–Kier alpha value is -1.80. The molecule has 5 nitrogen and oxygen atoms in total. The number of anilines is 1. The molecule has 0 saturated heterocycles. The first-order chi connectivity index (χ1) is 9.71. The molecule has 0 atom stereocenters. The Kier molecular flexibility index (Phi) is 4.11. The first kappa shape index (κ1) is 15.6. The van der Waals surface area contributed by atoms with Crippen molar-refractivity contribution in [2.24, 2.45) is 7.05 Å². The molecule has 2 aromatic heterocycles. The standard InChI is InChI=1S/C11H7Cl2F3N4O/c1-20-9(6(12)7(19-20)11(14,15)16)18-10(21)5-3-2-4-17-8(5)13/h2-4H,1H3,(H,18,21). The van der Waals surface area contributed by atoms with E-state index in [0.29, 0.717) is 0 Å². The SMILES string of the molecule is Cn1nc(C(F)(F)F)c(Cl)c1NC(=O)c1cccnc1Cl. The van der Waals surface area contributed by atoms with Gasteiger partial charge in [-0.15, -0.1) is 0 Å². The number of pyridine rings is 1. The van der Waals surface area contributed by atoms with Crippen molar-refractivity contribution in [1.82, 2.24) is 14.8 Å². The highest BCUT2D eigenvalue weighted by Gasteiger charge is 2.39. The van der Waals surface area contributed by atoms with Gasteiger partial charge < -0.3 is 5.32 Å². The van der Waals surface area contributed by atoms with Gasteiger partial charge >= 0.3 is 6.18 Å². The Morgan fingerprint density at radius 2 is 2.05 bits per heavy atom. The summed E-state index contributed by atoms with van der Waals surface area (Å²) in [5.41, 5.74) is -1.27. The number of hydrogen-bond donors (Lipinski definition) is 1. The monoisotopic (exact) mass is 338 g/mol. The predicted molar refractivity (Wildman–Crippen MR) is 70.4 cm³/mol. The van der Waals surface area contributed by atoms with E-state index < -0.39 is 22.8 Å². The van der Waals surface area contributed by atoms with Crippen molar-refractivity contribution < 1.29 is 18.0 Å². The number of alkyl halides is 3. The molecule has 0 spiro atoms. The van der Waals surface area contributed by atoms with Gasteiger partial charge in [-0.25, -0.2) is 4.98 Å². The van der Waals surface area contributed by atoms with E-state index in [2.05, 4.69) is 15.4 Å². The molecule has 0 radical (unpaired) electrons. The summed E-state index contributed by atoms with van der Waals surface area (Å²) >= 11 is 11.4. The van der Waals surface area contributed by atoms with Gasteiger partial charge in [-0.05, 0) is 12.1 Å². The smallest absolute Gasteiger partial charge is 0.305 e. The highest BCUT2D eigenvalue weighted by Crippen LogP contribution is 2.37. The minimum atomic E-state index is -4.72. The number of hydrogen-bond acceptors (Lipinski definition) is 3. The number of carbonyl (C=O) groups excluding carboxylic acids is 1. The van der Waals surface area contributed by atoms with Gasteiger partial charge in [-0.2, -0.15) is 18.3 Å². The van der Waals surface area contributed by atoms with E-state index in [1.165, 1.54) is 25.4 Å². The van der Waals surface area contributed by atoms with E-state index in [0.717, 1.165) is 4.68 Å². The maximum atomic E-state index is 12.7. The topological polar surface area (TPSA) is 59.8 Å². The minimum absolute atomic E-state index is 0.00462. The number of aromatic nitrogens is 3. The molecule has 0 aromatic carbocycles. The maximum absolute atomic E-state index is 12.7. The van der Waals surface area contributed by atoms with Crippen LogP contribution in [0.1, 0.15) is 16.1 Å². The summed E-state index contributed by atoms with van der Waals surface area (Å²) in [6, 6.07) is 2.84.